The zero-order valence-electron chi connectivity index (χ0n) is 8.59. The molecule has 0 atom stereocenters. The molecular formula is C10H15N3O2. The largest absolute Gasteiger partial charge is 0.396 e. The van der Waals surface area contributed by atoms with Crippen molar-refractivity contribution in [2.45, 2.75) is 25.3 Å². The van der Waals surface area contributed by atoms with Gasteiger partial charge in [0.15, 0.2) is 5.82 Å². The van der Waals surface area contributed by atoms with Crippen molar-refractivity contribution in [2.75, 3.05) is 19.7 Å². The minimum Gasteiger partial charge on any atom is -0.396 e. The summed E-state index contributed by atoms with van der Waals surface area (Å²) in [5, 5.41) is 12.8. The number of nitrogens with zero attached hydrogens (tertiary/aromatic N) is 3. The lowest BCUT2D eigenvalue weighted by Crippen LogP contribution is -2.47. The van der Waals surface area contributed by atoms with Gasteiger partial charge in [-0.25, -0.2) is 0 Å². The Morgan fingerprint density at radius 1 is 1.40 bits per heavy atom. The van der Waals surface area contributed by atoms with Crippen LogP contribution in [0, 0.1) is 5.92 Å². The van der Waals surface area contributed by atoms with Crippen molar-refractivity contribution in [1.82, 2.24) is 15.0 Å². The highest BCUT2D eigenvalue weighted by Gasteiger charge is 2.30. The number of hydrogen-bond acceptors (Lipinski definition) is 5. The van der Waals surface area contributed by atoms with E-state index in [1.165, 1.54) is 12.8 Å². The summed E-state index contributed by atoms with van der Waals surface area (Å²) in [6.45, 7) is 2.90. The van der Waals surface area contributed by atoms with Crippen molar-refractivity contribution < 1.29 is 9.63 Å². The van der Waals surface area contributed by atoms with Crippen LogP contribution >= 0.6 is 0 Å². The number of aromatic nitrogens is 2. The number of rotatable bonds is 4. The fourth-order valence-electron chi connectivity index (χ4n) is 1.95. The van der Waals surface area contributed by atoms with E-state index in [0.717, 1.165) is 25.5 Å². The normalized spacial score (nSPS) is 23.0. The first-order valence-electron chi connectivity index (χ1n) is 5.51. The maximum absolute atomic E-state index is 8.88. The number of likely N-dealkylation sites (tertiary alicyclic amines) is 1. The molecule has 1 aromatic heterocycles. The molecule has 5 heteroatoms. The lowest BCUT2D eigenvalue weighted by molar-refractivity contribution is 0.0402. The Bertz CT molecular complexity index is 342. The van der Waals surface area contributed by atoms with Crippen LogP contribution < -0.4 is 0 Å². The molecule has 2 aliphatic rings. The van der Waals surface area contributed by atoms with Gasteiger partial charge in [-0.05, 0) is 12.8 Å². The van der Waals surface area contributed by atoms with Gasteiger partial charge in [0.25, 0.3) is 0 Å². The molecule has 0 radical (unpaired) electrons. The first-order valence-corrected chi connectivity index (χ1v) is 5.51. The van der Waals surface area contributed by atoms with Gasteiger partial charge in [-0.3, -0.25) is 4.90 Å². The van der Waals surface area contributed by atoms with Gasteiger partial charge >= 0.3 is 0 Å². The average molecular weight is 209 g/mol. The molecule has 2 fully saturated rings. The number of hydrogen-bond donors (Lipinski definition) is 1. The van der Waals surface area contributed by atoms with Gasteiger partial charge in [0, 0.05) is 31.5 Å². The van der Waals surface area contributed by atoms with E-state index in [-0.39, 0.29) is 6.61 Å². The van der Waals surface area contributed by atoms with E-state index >= 15 is 0 Å². The fourth-order valence-corrected chi connectivity index (χ4v) is 1.95. The molecule has 15 heavy (non-hydrogen) atoms. The monoisotopic (exact) mass is 209 g/mol. The van der Waals surface area contributed by atoms with E-state index in [1.54, 1.807) is 0 Å². The predicted octanol–water partition coefficient (Wildman–Crippen LogP) is 0.371. The highest BCUT2D eigenvalue weighted by Crippen LogP contribution is 2.38. The summed E-state index contributed by atoms with van der Waals surface area (Å²) in [5.74, 6) is 2.59. The second-order valence-electron chi connectivity index (χ2n) is 4.56. The van der Waals surface area contributed by atoms with E-state index in [9.17, 15) is 0 Å². The van der Waals surface area contributed by atoms with Gasteiger partial charge in [0.2, 0.25) is 5.89 Å². The average Bonchev–Trinajstić information content (AvgIpc) is 2.92. The minimum absolute atomic E-state index is 0.285. The van der Waals surface area contributed by atoms with E-state index in [4.69, 9.17) is 9.63 Å². The molecule has 1 saturated carbocycles. The van der Waals surface area contributed by atoms with E-state index in [1.807, 2.05) is 0 Å². The third-order valence-electron chi connectivity index (χ3n) is 3.08. The summed E-state index contributed by atoms with van der Waals surface area (Å²) in [6.07, 6.45) is 2.41. The zero-order chi connectivity index (χ0) is 10.3. The fraction of sp³-hybridized carbons (Fsp3) is 0.800. The molecule has 0 bridgehead atoms. The van der Waals surface area contributed by atoms with Crippen LogP contribution in [0.25, 0.3) is 0 Å². The second kappa shape index (κ2) is 3.57. The second-order valence-corrected chi connectivity index (χ2v) is 4.56. The van der Waals surface area contributed by atoms with Gasteiger partial charge in [0.05, 0.1) is 6.54 Å². The first-order chi connectivity index (χ1) is 7.35. The molecule has 0 spiro atoms. The Morgan fingerprint density at radius 3 is 2.87 bits per heavy atom. The van der Waals surface area contributed by atoms with Crippen molar-refractivity contribution in [1.29, 1.82) is 0 Å². The lowest BCUT2D eigenvalue weighted by atomic mass is 10.0. The number of aliphatic hydroxyl groups excluding tert-OH is 1. The van der Waals surface area contributed by atoms with Crippen molar-refractivity contribution in [3.63, 3.8) is 0 Å². The Labute approximate surface area is 88.1 Å². The molecule has 1 N–H and O–H groups in total. The quantitative estimate of drug-likeness (QED) is 0.776. The Morgan fingerprint density at radius 2 is 2.20 bits per heavy atom. The topological polar surface area (TPSA) is 62.4 Å². The summed E-state index contributed by atoms with van der Waals surface area (Å²) in [5.41, 5.74) is 0. The minimum atomic E-state index is 0.285. The molecular weight excluding hydrogens is 194 g/mol. The maximum Gasteiger partial charge on any atom is 0.240 e. The van der Waals surface area contributed by atoms with Crippen LogP contribution in [-0.2, 0) is 6.54 Å². The Balaban J connectivity index is 1.53. The predicted molar refractivity (Wildman–Crippen MR) is 52.1 cm³/mol. The Hall–Kier alpha value is -0.940. The highest BCUT2D eigenvalue weighted by atomic mass is 16.5. The van der Waals surface area contributed by atoms with Crippen LogP contribution in [-0.4, -0.2) is 39.8 Å². The van der Waals surface area contributed by atoms with Crippen molar-refractivity contribution in [3.8, 4) is 0 Å². The van der Waals surface area contributed by atoms with Crippen LogP contribution in [0.1, 0.15) is 30.5 Å². The van der Waals surface area contributed by atoms with Gasteiger partial charge in [-0.15, -0.1) is 0 Å². The molecule has 0 unspecified atom stereocenters. The van der Waals surface area contributed by atoms with Crippen molar-refractivity contribution >= 4 is 0 Å². The van der Waals surface area contributed by atoms with Crippen molar-refractivity contribution in [3.05, 3.63) is 11.7 Å². The third kappa shape index (κ3) is 1.89. The lowest BCUT2D eigenvalue weighted by Gasteiger charge is -2.36. The molecule has 0 aromatic carbocycles. The van der Waals surface area contributed by atoms with Crippen LogP contribution in [0.5, 0.6) is 0 Å². The van der Waals surface area contributed by atoms with E-state index in [0.29, 0.717) is 17.7 Å². The van der Waals surface area contributed by atoms with Gasteiger partial charge in [-0.1, -0.05) is 5.16 Å². The molecule has 1 saturated heterocycles. The maximum atomic E-state index is 8.88. The molecule has 1 aliphatic heterocycles. The van der Waals surface area contributed by atoms with Crippen LogP contribution in [0.4, 0.5) is 0 Å². The summed E-state index contributed by atoms with van der Waals surface area (Å²) >= 11 is 0. The van der Waals surface area contributed by atoms with Crippen LogP contribution in [0.3, 0.4) is 0 Å². The van der Waals surface area contributed by atoms with E-state index in [2.05, 4.69) is 15.0 Å². The molecule has 1 aliphatic carbocycles. The van der Waals surface area contributed by atoms with Crippen LogP contribution in [0.2, 0.25) is 0 Å². The molecule has 5 nitrogen and oxygen atoms in total. The van der Waals surface area contributed by atoms with Crippen molar-refractivity contribution in [2.24, 2.45) is 5.92 Å². The van der Waals surface area contributed by atoms with E-state index < -0.39 is 0 Å². The van der Waals surface area contributed by atoms with Gasteiger partial charge < -0.3 is 9.63 Å². The summed E-state index contributed by atoms with van der Waals surface area (Å²) in [7, 11) is 0. The first kappa shape index (κ1) is 9.30. The number of aliphatic hydroxyl groups is 1. The van der Waals surface area contributed by atoms with Crippen LogP contribution in [0.15, 0.2) is 4.52 Å². The highest BCUT2D eigenvalue weighted by molar-refractivity contribution is 5.03. The zero-order valence-corrected chi connectivity index (χ0v) is 8.59. The van der Waals surface area contributed by atoms with Gasteiger partial charge in [0.1, 0.15) is 0 Å². The molecule has 3 rings (SSSR count). The SMILES string of the molecule is OCC1CN(Cc2nc(C3CC3)no2)C1. The van der Waals surface area contributed by atoms with Gasteiger partial charge in [-0.2, -0.15) is 4.98 Å². The molecule has 0 amide bonds. The summed E-state index contributed by atoms with van der Waals surface area (Å²) in [4.78, 5) is 6.58. The standard InChI is InChI=1S/C10H15N3O2/c14-6-7-3-13(4-7)5-9-11-10(12-15-9)8-1-2-8/h7-8,14H,1-6H2. The summed E-state index contributed by atoms with van der Waals surface area (Å²) < 4.78 is 5.18. The smallest absolute Gasteiger partial charge is 0.240 e. The third-order valence-corrected chi connectivity index (χ3v) is 3.08. The molecule has 1 aromatic rings. The summed E-state index contributed by atoms with van der Waals surface area (Å²) in [6, 6.07) is 0. The molecule has 2 heterocycles. The Kier molecular flexibility index (Phi) is 2.21. The molecule has 82 valence electrons.